The van der Waals surface area contributed by atoms with Crippen LogP contribution in [0.4, 0.5) is 0 Å². The molecule has 0 saturated heterocycles. The summed E-state index contributed by atoms with van der Waals surface area (Å²) in [6.07, 6.45) is 0. The highest BCUT2D eigenvalue weighted by Crippen LogP contribution is 1.92. The molecule has 0 rings (SSSR count). The van der Waals surface area contributed by atoms with Crippen molar-refractivity contribution in [1.29, 1.82) is 0 Å². The summed E-state index contributed by atoms with van der Waals surface area (Å²) in [5.41, 5.74) is 0. The smallest absolute Gasteiger partial charge is 0.320 e. The van der Waals surface area contributed by atoms with Gasteiger partial charge in [0.05, 0.1) is 6.04 Å². The first-order valence-electron chi connectivity index (χ1n) is 5.13. The van der Waals surface area contributed by atoms with Crippen LogP contribution in [0.15, 0.2) is 0 Å². The lowest BCUT2D eigenvalue weighted by Crippen LogP contribution is -2.46. The number of carboxylic acids is 1. The molecule has 0 aliphatic heterocycles. The van der Waals surface area contributed by atoms with Crippen LogP contribution in [0.1, 0.15) is 20.8 Å². The van der Waals surface area contributed by atoms with Crippen LogP contribution >= 0.6 is 0 Å². The number of carbonyl (C=O) groups excluding carboxylic acids is 1. The summed E-state index contributed by atoms with van der Waals surface area (Å²) in [5.74, 6) is -2.74. The molecule has 0 aromatic heterocycles. The van der Waals surface area contributed by atoms with Crippen LogP contribution < -0.4 is 10.0 Å². The third kappa shape index (κ3) is 7.70. The molecule has 1 unspecified atom stereocenters. The van der Waals surface area contributed by atoms with Gasteiger partial charge < -0.3 is 10.4 Å². The number of rotatable bonds is 7. The highest BCUT2D eigenvalue weighted by atomic mass is 32.2. The van der Waals surface area contributed by atoms with E-state index >= 15 is 0 Å². The highest BCUT2D eigenvalue weighted by Gasteiger charge is 2.22. The van der Waals surface area contributed by atoms with Gasteiger partial charge in [-0.05, 0) is 12.8 Å². The van der Waals surface area contributed by atoms with Gasteiger partial charge in [-0.15, -0.1) is 0 Å². The number of carboxylic acid groups (broad SMARTS) is 1. The second kappa shape index (κ2) is 6.55. The standard InChI is InChI=1S/C9H18N2O5S/c1-6(2)4-10-9(14)7(3)11-17(15,16)5-8(12)13/h6-7,11H,4-5H2,1-3H3,(H,10,14)(H,12,13). The molecule has 7 nitrogen and oxygen atoms in total. The molecule has 1 atom stereocenters. The lowest BCUT2D eigenvalue weighted by atomic mass is 10.2. The van der Waals surface area contributed by atoms with Crippen molar-refractivity contribution < 1.29 is 23.1 Å². The Labute approximate surface area is 101 Å². The molecule has 0 spiro atoms. The normalized spacial score (nSPS) is 13.4. The summed E-state index contributed by atoms with van der Waals surface area (Å²) in [6, 6.07) is -0.988. The molecular formula is C9H18N2O5S. The lowest BCUT2D eigenvalue weighted by Gasteiger charge is -2.14. The van der Waals surface area contributed by atoms with Gasteiger partial charge in [-0.1, -0.05) is 13.8 Å². The van der Waals surface area contributed by atoms with Crippen molar-refractivity contribution in [2.24, 2.45) is 5.92 Å². The summed E-state index contributed by atoms with van der Waals surface area (Å²) < 4.78 is 24.4. The summed E-state index contributed by atoms with van der Waals surface area (Å²) in [5, 5.41) is 10.9. The number of hydrogen-bond acceptors (Lipinski definition) is 4. The van der Waals surface area contributed by atoms with E-state index in [0.29, 0.717) is 6.54 Å². The van der Waals surface area contributed by atoms with E-state index in [9.17, 15) is 18.0 Å². The van der Waals surface area contributed by atoms with Gasteiger partial charge in [0.1, 0.15) is 0 Å². The molecule has 0 aromatic rings. The molecule has 0 aliphatic rings. The maximum atomic E-state index is 11.4. The fraction of sp³-hybridized carbons (Fsp3) is 0.778. The summed E-state index contributed by atoms with van der Waals surface area (Å²) in [4.78, 5) is 21.7. The zero-order valence-electron chi connectivity index (χ0n) is 10.1. The van der Waals surface area contributed by atoms with E-state index in [4.69, 9.17) is 5.11 Å². The maximum absolute atomic E-state index is 11.4. The zero-order chi connectivity index (χ0) is 13.6. The van der Waals surface area contributed by atoms with Crippen LogP contribution in [0.5, 0.6) is 0 Å². The summed E-state index contributed by atoms with van der Waals surface area (Å²) in [6.45, 7) is 5.60. The van der Waals surface area contributed by atoms with Gasteiger partial charge in [-0.3, -0.25) is 9.59 Å². The van der Waals surface area contributed by atoms with Gasteiger partial charge in [-0.2, -0.15) is 0 Å². The molecule has 0 aromatic carbocycles. The largest absolute Gasteiger partial charge is 0.480 e. The molecule has 17 heavy (non-hydrogen) atoms. The average molecular weight is 266 g/mol. The van der Waals surface area contributed by atoms with E-state index in [1.54, 1.807) is 0 Å². The molecule has 0 bridgehead atoms. The molecule has 0 saturated carbocycles. The van der Waals surface area contributed by atoms with Gasteiger partial charge in [0.2, 0.25) is 15.9 Å². The first kappa shape index (κ1) is 15.9. The van der Waals surface area contributed by atoms with Crippen LogP contribution in [0.3, 0.4) is 0 Å². The van der Waals surface area contributed by atoms with Crippen molar-refractivity contribution in [3.8, 4) is 0 Å². The Morgan fingerprint density at radius 3 is 2.18 bits per heavy atom. The maximum Gasteiger partial charge on any atom is 0.320 e. The fourth-order valence-electron chi connectivity index (χ4n) is 0.985. The Hall–Kier alpha value is -1.15. The average Bonchev–Trinajstić information content (AvgIpc) is 2.10. The van der Waals surface area contributed by atoms with Gasteiger partial charge in [0.25, 0.3) is 0 Å². The van der Waals surface area contributed by atoms with Crippen LogP contribution in [0.25, 0.3) is 0 Å². The first-order valence-corrected chi connectivity index (χ1v) is 6.79. The minimum absolute atomic E-state index is 0.252. The minimum atomic E-state index is -3.97. The number of carbonyl (C=O) groups is 2. The van der Waals surface area contributed by atoms with E-state index in [1.165, 1.54) is 6.92 Å². The molecule has 3 N–H and O–H groups in total. The van der Waals surface area contributed by atoms with Crippen molar-refractivity contribution in [2.45, 2.75) is 26.8 Å². The second-order valence-corrected chi connectivity index (χ2v) is 5.89. The molecule has 0 fully saturated rings. The molecule has 8 heteroatoms. The van der Waals surface area contributed by atoms with Crippen LogP contribution in [-0.4, -0.2) is 43.7 Å². The van der Waals surface area contributed by atoms with Crippen molar-refractivity contribution in [2.75, 3.05) is 12.3 Å². The summed E-state index contributed by atoms with van der Waals surface area (Å²) in [7, 11) is -3.97. The molecule has 0 radical (unpaired) electrons. The third-order valence-corrected chi connectivity index (χ3v) is 3.09. The van der Waals surface area contributed by atoms with Crippen LogP contribution in [0, 0.1) is 5.92 Å². The lowest BCUT2D eigenvalue weighted by molar-refractivity contribution is -0.134. The highest BCUT2D eigenvalue weighted by molar-refractivity contribution is 7.90. The molecule has 1 amide bonds. The predicted molar refractivity (Wildman–Crippen MR) is 61.9 cm³/mol. The van der Waals surface area contributed by atoms with E-state index < -0.39 is 33.7 Å². The van der Waals surface area contributed by atoms with Gasteiger partial charge in [0, 0.05) is 6.54 Å². The predicted octanol–water partition coefficient (Wildman–Crippen LogP) is -0.849. The molecule has 100 valence electrons. The number of hydrogen-bond donors (Lipinski definition) is 3. The molecule has 0 aliphatic carbocycles. The van der Waals surface area contributed by atoms with Crippen molar-refractivity contribution >= 4 is 21.9 Å². The number of aliphatic carboxylic acids is 1. The number of nitrogens with one attached hydrogen (secondary N) is 2. The van der Waals surface area contributed by atoms with E-state index in [-0.39, 0.29) is 5.92 Å². The van der Waals surface area contributed by atoms with E-state index in [0.717, 1.165) is 0 Å². The van der Waals surface area contributed by atoms with E-state index in [1.807, 2.05) is 18.6 Å². The fourth-order valence-corrected chi connectivity index (χ4v) is 2.04. The Morgan fingerprint density at radius 1 is 1.24 bits per heavy atom. The quantitative estimate of drug-likeness (QED) is 0.555. The van der Waals surface area contributed by atoms with Crippen LogP contribution in [0.2, 0.25) is 0 Å². The number of amides is 1. The van der Waals surface area contributed by atoms with Crippen molar-refractivity contribution in [3.63, 3.8) is 0 Å². The number of sulfonamides is 1. The Balaban J connectivity index is 4.29. The minimum Gasteiger partial charge on any atom is -0.480 e. The van der Waals surface area contributed by atoms with Crippen molar-refractivity contribution in [3.05, 3.63) is 0 Å². The monoisotopic (exact) mass is 266 g/mol. The first-order chi connectivity index (χ1) is 7.64. The molecular weight excluding hydrogens is 248 g/mol. The van der Waals surface area contributed by atoms with Crippen molar-refractivity contribution in [1.82, 2.24) is 10.0 Å². The zero-order valence-corrected chi connectivity index (χ0v) is 10.9. The summed E-state index contributed by atoms with van der Waals surface area (Å²) >= 11 is 0. The van der Waals surface area contributed by atoms with Gasteiger partial charge in [0.15, 0.2) is 5.75 Å². The van der Waals surface area contributed by atoms with Gasteiger partial charge in [-0.25, -0.2) is 13.1 Å². The Morgan fingerprint density at radius 2 is 1.76 bits per heavy atom. The SMILES string of the molecule is CC(C)CNC(=O)C(C)NS(=O)(=O)CC(=O)O. The van der Waals surface area contributed by atoms with Crippen LogP contribution in [-0.2, 0) is 19.6 Å². The van der Waals surface area contributed by atoms with E-state index in [2.05, 4.69) is 5.32 Å². The Kier molecular flexibility index (Phi) is 6.11. The molecule has 0 heterocycles. The third-order valence-electron chi connectivity index (χ3n) is 1.75. The Bertz CT molecular complexity index is 377. The van der Waals surface area contributed by atoms with Gasteiger partial charge >= 0.3 is 5.97 Å². The second-order valence-electron chi connectivity index (χ2n) is 4.13. The topological polar surface area (TPSA) is 113 Å².